The van der Waals surface area contributed by atoms with Crippen LogP contribution in [-0.4, -0.2) is 13.7 Å². The van der Waals surface area contributed by atoms with Crippen molar-refractivity contribution in [2.75, 3.05) is 19.0 Å². The molecular weight excluding hydrogens is 387 g/mol. The molecule has 2 nitrogen and oxygen atoms in total. The number of ether oxygens (including phenoxy) is 1. The van der Waals surface area contributed by atoms with E-state index < -0.39 is 17.5 Å². The van der Waals surface area contributed by atoms with Crippen molar-refractivity contribution in [3.8, 4) is 5.75 Å². The van der Waals surface area contributed by atoms with Gasteiger partial charge in [0.25, 0.3) is 0 Å². The second kappa shape index (κ2) is 9.07. The summed E-state index contributed by atoms with van der Waals surface area (Å²) in [6.45, 7) is 2.74. The second-order valence-corrected chi connectivity index (χ2v) is 9.39. The minimum absolute atomic E-state index is 0.125. The summed E-state index contributed by atoms with van der Waals surface area (Å²) < 4.78 is 49.2. The minimum Gasteiger partial charge on any atom is -0.490 e. The smallest absolute Gasteiger partial charge is 0.201 e. The molecule has 2 aliphatic carbocycles. The van der Waals surface area contributed by atoms with Crippen LogP contribution < -0.4 is 10.1 Å². The Balaban J connectivity index is 1.38. The molecule has 164 valence electrons. The summed E-state index contributed by atoms with van der Waals surface area (Å²) in [5.41, 5.74) is 0.138. The van der Waals surface area contributed by atoms with Crippen molar-refractivity contribution in [1.82, 2.24) is 0 Å². The molecule has 0 radical (unpaired) electrons. The van der Waals surface area contributed by atoms with Gasteiger partial charge in [0.05, 0.1) is 17.7 Å². The maximum atomic E-state index is 14.6. The van der Waals surface area contributed by atoms with Gasteiger partial charge in [-0.05, 0) is 79.7 Å². The highest BCUT2D eigenvalue weighted by molar-refractivity contribution is 5.88. The first-order chi connectivity index (χ1) is 14.5. The van der Waals surface area contributed by atoms with Crippen molar-refractivity contribution >= 4 is 16.5 Å². The van der Waals surface area contributed by atoms with Gasteiger partial charge in [-0.25, -0.2) is 8.78 Å². The highest BCUT2D eigenvalue weighted by atomic mass is 19.2. The van der Waals surface area contributed by atoms with Crippen LogP contribution in [0.25, 0.3) is 10.8 Å². The van der Waals surface area contributed by atoms with Crippen LogP contribution in [0.15, 0.2) is 18.2 Å². The largest absolute Gasteiger partial charge is 0.490 e. The van der Waals surface area contributed by atoms with Gasteiger partial charge in [0.15, 0.2) is 17.4 Å². The van der Waals surface area contributed by atoms with E-state index in [0.29, 0.717) is 17.9 Å². The molecule has 5 heteroatoms. The highest BCUT2D eigenvalue weighted by Crippen LogP contribution is 2.41. The Kier molecular flexibility index (Phi) is 6.45. The summed E-state index contributed by atoms with van der Waals surface area (Å²) in [4.78, 5) is 0. The molecule has 2 aromatic rings. The quantitative estimate of drug-likeness (QED) is 0.548. The zero-order valence-corrected chi connectivity index (χ0v) is 17.9. The van der Waals surface area contributed by atoms with Crippen molar-refractivity contribution in [1.29, 1.82) is 0 Å². The van der Waals surface area contributed by atoms with E-state index in [-0.39, 0.29) is 16.8 Å². The summed E-state index contributed by atoms with van der Waals surface area (Å²) >= 11 is 0. The van der Waals surface area contributed by atoms with Gasteiger partial charge in [-0.1, -0.05) is 25.8 Å². The van der Waals surface area contributed by atoms with Crippen LogP contribution in [0.5, 0.6) is 5.75 Å². The Labute approximate surface area is 177 Å². The van der Waals surface area contributed by atoms with Crippen LogP contribution in [-0.2, 0) is 0 Å². The Bertz CT molecular complexity index is 884. The summed E-state index contributed by atoms with van der Waals surface area (Å²) in [5.74, 6) is -0.285. The molecule has 2 aliphatic rings. The molecule has 2 saturated carbocycles. The molecular formula is C25H32F3NO. The van der Waals surface area contributed by atoms with E-state index in [9.17, 15) is 13.2 Å². The minimum atomic E-state index is -1.19. The van der Waals surface area contributed by atoms with E-state index in [1.54, 1.807) is 13.1 Å². The fraction of sp³-hybridized carbons (Fsp3) is 0.600. The van der Waals surface area contributed by atoms with Gasteiger partial charge < -0.3 is 10.1 Å². The van der Waals surface area contributed by atoms with Crippen LogP contribution in [0, 0.1) is 41.1 Å². The normalized spacial score (nSPS) is 27.2. The van der Waals surface area contributed by atoms with Gasteiger partial charge in [-0.15, -0.1) is 0 Å². The molecule has 2 fully saturated rings. The van der Waals surface area contributed by atoms with Crippen LogP contribution in [0.1, 0.15) is 58.3 Å². The van der Waals surface area contributed by atoms with E-state index in [1.165, 1.54) is 50.7 Å². The third kappa shape index (κ3) is 4.26. The van der Waals surface area contributed by atoms with Gasteiger partial charge >= 0.3 is 0 Å². The lowest BCUT2D eigenvalue weighted by Gasteiger charge is -2.37. The van der Waals surface area contributed by atoms with E-state index in [0.717, 1.165) is 30.6 Å². The van der Waals surface area contributed by atoms with Gasteiger partial charge in [0.2, 0.25) is 5.82 Å². The van der Waals surface area contributed by atoms with E-state index >= 15 is 0 Å². The molecule has 0 unspecified atom stereocenters. The molecule has 30 heavy (non-hydrogen) atoms. The summed E-state index contributed by atoms with van der Waals surface area (Å²) in [7, 11) is 1.54. The van der Waals surface area contributed by atoms with Crippen molar-refractivity contribution in [2.24, 2.45) is 23.7 Å². The van der Waals surface area contributed by atoms with Gasteiger partial charge in [0, 0.05) is 7.05 Å². The molecule has 2 aromatic carbocycles. The molecule has 0 atom stereocenters. The van der Waals surface area contributed by atoms with Gasteiger partial charge in [-0.2, -0.15) is 4.39 Å². The number of fused-ring (bicyclic) bond motifs is 1. The maximum absolute atomic E-state index is 14.6. The third-order valence-corrected chi connectivity index (χ3v) is 7.45. The Morgan fingerprint density at radius 3 is 2.13 bits per heavy atom. The lowest BCUT2D eigenvalue weighted by Crippen LogP contribution is -2.27. The number of rotatable bonds is 5. The predicted octanol–water partition coefficient (Wildman–Crippen LogP) is 7.31. The topological polar surface area (TPSA) is 21.3 Å². The highest BCUT2D eigenvalue weighted by Gasteiger charge is 2.30. The fourth-order valence-corrected chi connectivity index (χ4v) is 5.45. The number of anilines is 1. The van der Waals surface area contributed by atoms with E-state index in [1.807, 2.05) is 0 Å². The first kappa shape index (κ1) is 21.3. The SMILES string of the molecule is CNc1ccc2cc(OCC3CCC(C4CCC(C)CC4)CC3)c(F)c(F)c2c1F. The van der Waals surface area contributed by atoms with Crippen LogP contribution in [0.2, 0.25) is 0 Å². The molecule has 0 bridgehead atoms. The average molecular weight is 420 g/mol. The summed E-state index contributed by atoms with van der Waals surface area (Å²) in [6, 6.07) is 4.51. The standard InChI is InChI=1S/C25H32F3NO/c1-15-3-7-17(8-4-15)18-9-5-16(6-10-18)14-30-21-13-19-11-12-20(29-2)23(26)22(19)25(28)24(21)27/h11-13,15-18,29H,3-10,14H2,1-2H3. The van der Waals surface area contributed by atoms with Gasteiger partial charge in [0.1, 0.15) is 0 Å². The molecule has 4 rings (SSSR count). The maximum Gasteiger partial charge on any atom is 0.201 e. The van der Waals surface area contributed by atoms with E-state index in [2.05, 4.69) is 12.2 Å². The molecule has 0 aromatic heterocycles. The Morgan fingerprint density at radius 2 is 1.50 bits per heavy atom. The van der Waals surface area contributed by atoms with Crippen molar-refractivity contribution in [3.05, 3.63) is 35.7 Å². The Morgan fingerprint density at radius 1 is 0.867 bits per heavy atom. The van der Waals surface area contributed by atoms with E-state index in [4.69, 9.17) is 4.74 Å². The number of nitrogens with one attached hydrogen (secondary N) is 1. The number of benzene rings is 2. The summed E-state index contributed by atoms with van der Waals surface area (Å²) in [5, 5.41) is 2.61. The molecule has 0 saturated heterocycles. The second-order valence-electron chi connectivity index (χ2n) is 9.39. The van der Waals surface area contributed by atoms with Crippen molar-refractivity contribution in [2.45, 2.75) is 58.3 Å². The molecule has 0 amide bonds. The first-order valence-electron chi connectivity index (χ1n) is 11.4. The zero-order chi connectivity index (χ0) is 21.3. The molecule has 0 spiro atoms. The zero-order valence-electron chi connectivity index (χ0n) is 17.9. The average Bonchev–Trinajstić information content (AvgIpc) is 2.76. The van der Waals surface area contributed by atoms with Crippen molar-refractivity contribution in [3.63, 3.8) is 0 Å². The monoisotopic (exact) mass is 419 g/mol. The predicted molar refractivity (Wildman–Crippen MR) is 115 cm³/mol. The number of hydrogen-bond acceptors (Lipinski definition) is 2. The number of hydrogen-bond donors (Lipinski definition) is 1. The molecule has 1 N–H and O–H groups in total. The Hall–Kier alpha value is -1.91. The van der Waals surface area contributed by atoms with Crippen LogP contribution >= 0.6 is 0 Å². The lowest BCUT2D eigenvalue weighted by atomic mass is 9.69. The molecule has 0 heterocycles. The molecule has 0 aliphatic heterocycles. The lowest BCUT2D eigenvalue weighted by molar-refractivity contribution is 0.124. The third-order valence-electron chi connectivity index (χ3n) is 7.45. The first-order valence-corrected chi connectivity index (χ1v) is 11.4. The van der Waals surface area contributed by atoms with Gasteiger partial charge in [-0.3, -0.25) is 0 Å². The van der Waals surface area contributed by atoms with Crippen molar-refractivity contribution < 1.29 is 17.9 Å². The number of halogens is 3. The van der Waals surface area contributed by atoms with Crippen LogP contribution in [0.3, 0.4) is 0 Å². The fourth-order valence-electron chi connectivity index (χ4n) is 5.45. The summed E-state index contributed by atoms with van der Waals surface area (Å²) in [6.07, 6.45) is 10.0. The van der Waals surface area contributed by atoms with Crippen LogP contribution in [0.4, 0.5) is 18.9 Å².